The second-order valence-electron chi connectivity index (χ2n) is 7.04. The van der Waals surface area contributed by atoms with E-state index in [0.29, 0.717) is 5.56 Å². The first kappa shape index (κ1) is 21.8. The SMILES string of the molecule is COc1c(Cl)cc(Cl)cc1/C(O)=C1\C(=O)C(=O)N(Cc2cccnc2)C1c1ccncc1. The maximum absolute atomic E-state index is 13.1. The number of benzene rings is 1. The van der Waals surface area contributed by atoms with E-state index in [-0.39, 0.29) is 33.5 Å². The quantitative estimate of drug-likeness (QED) is 0.337. The van der Waals surface area contributed by atoms with Crippen molar-refractivity contribution in [1.82, 2.24) is 14.9 Å². The van der Waals surface area contributed by atoms with E-state index in [1.807, 2.05) is 0 Å². The van der Waals surface area contributed by atoms with Gasteiger partial charge in [-0.15, -0.1) is 0 Å². The van der Waals surface area contributed by atoms with Crippen LogP contribution in [-0.4, -0.2) is 38.8 Å². The van der Waals surface area contributed by atoms with Crippen LogP contribution >= 0.6 is 23.2 Å². The number of carbonyl (C=O) groups is 2. The molecule has 1 fully saturated rings. The molecule has 1 atom stereocenters. The lowest BCUT2D eigenvalue weighted by Gasteiger charge is -2.25. The Bertz CT molecular complexity index is 1220. The second kappa shape index (κ2) is 8.98. The monoisotopic (exact) mass is 469 g/mol. The van der Waals surface area contributed by atoms with Crippen LogP contribution in [0.25, 0.3) is 5.76 Å². The number of aromatic nitrogens is 2. The fourth-order valence-electron chi connectivity index (χ4n) is 3.71. The van der Waals surface area contributed by atoms with Gasteiger partial charge in [0.05, 0.1) is 29.3 Å². The summed E-state index contributed by atoms with van der Waals surface area (Å²) >= 11 is 12.4. The van der Waals surface area contributed by atoms with Gasteiger partial charge in [0, 0.05) is 36.4 Å². The molecule has 7 nitrogen and oxygen atoms in total. The first-order valence-electron chi connectivity index (χ1n) is 9.53. The molecule has 3 heterocycles. The number of ketones is 1. The number of carbonyl (C=O) groups excluding carboxylic acids is 2. The zero-order valence-corrected chi connectivity index (χ0v) is 18.3. The van der Waals surface area contributed by atoms with Gasteiger partial charge >= 0.3 is 0 Å². The number of amides is 1. The van der Waals surface area contributed by atoms with E-state index in [2.05, 4.69) is 9.97 Å². The fourth-order valence-corrected chi connectivity index (χ4v) is 4.28. The number of halogens is 2. The summed E-state index contributed by atoms with van der Waals surface area (Å²) in [5.41, 5.74) is 1.36. The van der Waals surface area contributed by atoms with Gasteiger partial charge in [0.25, 0.3) is 11.7 Å². The van der Waals surface area contributed by atoms with Gasteiger partial charge in [0.2, 0.25) is 0 Å². The van der Waals surface area contributed by atoms with Crippen LogP contribution in [0.1, 0.15) is 22.7 Å². The molecule has 1 N–H and O–H groups in total. The van der Waals surface area contributed by atoms with Crippen LogP contribution in [-0.2, 0) is 16.1 Å². The van der Waals surface area contributed by atoms with Gasteiger partial charge in [-0.1, -0.05) is 29.3 Å². The number of likely N-dealkylation sites (tertiary alicyclic amines) is 1. The molecular formula is C23H17Cl2N3O4. The van der Waals surface area contributed by atoms with Crippen LogP contribution in [0.2, 0.25) is 10.0 Å². The number of nitrogens with zero attached hydrogens (tertiary/aromatic N) is 3. The number of rotatable bonds is 5. The zero-order chi connectivity index (χ0) is 22.8. The van der Waals surface area contributed by atoms with Crippen molar-refractivity contribution in [3.8, 4) is 5.75 Å². The third-order valence-electron chi connectivity index (χ3n) is 5.11. The molecule has 32 heavy (non-hydrogen) atoms. The van der Waals surface area contributed by atoms with Crippen LogP contribution in [0.5, 0.6) is 5.75 Å². The average Bonchev–Trinajstić information content (AvgIpc) is 3.04. The van der Waals surface area contributed by atoms with E-state index < -0.39 is 23.5 Å². The van der Waals surface area contributed by atoms with Crippen molar-refractivity contribution in [2.24, 2.45) is 0 Å². The molecule has 4 rings (SSSR count). The standard InChI is InChI=1S/C23H17Cl2N3O4/c1-32-22-16(9-15(24)10-17(22)25)20(29)18-19(14-4-7-26-8-5-14)28(23(31)21(18)30)12-13-3-2-6-27-11-13/h2-11,19,29H,12H2,1H3/b20-18+. The number of hydrogen-bond acceptors (Lipinski definition) is 6. The van der Waals surface area contributed by atoms with Crippen LogP contribution < -0.4 is 4.74 Å². The number of pyridine rings is 2. The van der Waals surface area contributed by atoms with Gasteiger partial charge in [0.15, 0.2) is 0 Å². The molecule has 162 valence electrons. The summed E-state index contributed by atoms with van der Waals surface area (Å²) in [6.45, 7) is 0.121. The summed E-state index contributed by atoms with van der Waals surface area (Å²) in [7, 11) is 1.38. The molecule has 9 heteroatoms. The van der Waals surface area contributed by atoms with E-state index in [0.717, 1.165) is 5.56 Å². The van der Waals surface area contributed by atoms with Gasteiger partial charge in [-0.25, -0.2) is 0 Å². The Morgan fingerprint density at radius 3 is 2.53 bits per heavy atom. The van der Waals surface area contributed by atoms with Crippen molar-refractivity contribution < 1.29 is 19.4 Å². The summed E-state index contributed by atoms with van der Waals surface area (Å²) in [5, 5.41) is 11.6. The lowest BCUT2D eigenvalue weighted by molar-refractivity contribution is -0.140. The fraction of sp³-hybridized carbons (Fsp3) is 0.130. The average molecular weight is 470 g/mol. The lowest BCUT2D eigenvalue weighted by atomic mass is 9.95. The Labute approximate surface area is 193 Å². The van der Waals surface area contributed by atoms with Gasteiger partial charge in [0.1, 0.15) is 11.5 Å². The normalized spacial score (nSPS) is 17.6. The Morgan fingerprint density at radius 1 is 1.12 bits per heavy atom. The Hall–Kier alpha value is -3.42. The van der Waals surface area contributed by atoms with Crippen LogP contribution in [0.3, 0.4) is 0 Å². The molecule has 0 radical (unpaired) electrons. The molecule has 2 aromatic heterocycles. The minimum absolute atomic E-state index is 0.0956. The first-order chi connectivity index (χ1) is 15.4. The van der Waals surface area contributed by atoms with Crippen molar-refractivity contribution in [3.63, 3.8) is 0 Å². The predicted octanol–water partition coefficient (Wildman–Crippen LogP) is 4.41. The molecule has 3 aromatic rings. The molecule has 1 aliphatic heterocycles. The molecular weight excluding hydrogens is 453 g/mol. The summed E-state index contributed by atoms with van der Waals surface area (Å²) < 4.78 is 5.32. The van der Waals surface area contributed by atoms with Gasteiger partial charge in [-0.05, 0) is 41.5 Å². The number of Topliss-reactive ketones (excluding diaryl/α,β-unsaturated/α-hetero) is 1. The minimum atomic E-state index is -0.860. The van der Waals surface area contributed by atoms with Crippen LogP contribution in [0, 0.1) is 0 Å². The molecule has 1 saturated heterocycles. The lowest BCUT2D eigenvalue weighted by Crippen LogP contribution is -2.29. The molecule has 0 saturated carbocycles. The third kappa shape index (κ3) is 3.92. The highest BCUT2D eigenvalue weighted by molar-refractivity contribution is 6.46. The number of aliphatic hydroxyl groups excluding tert-OH is 1. The molecule has 1 amide bonds. The summed E-state index contributed by atoms with van der Waals surface area (Å²) in [6.07, 6.45) is 6.34. The topological polar surface area (TPSA) is 92.6 Å². The molecule has 1 aliphatic rings. The largest absolute Gasteiger partial charge is 0.507 e. The predicted molar refractivity (Wildman–Crippen MR) is 119 cm³/mol. The first-order valence-corrected chi connectivity index (χ1v) is 10.3. The summed E-state index contributed by atoms with van der Waals surface area (Å²) in [4.78, 5) is 35.6. The Balaban J connectivity index is 1.92. The summed E-state index contributed by atoms with van der Waals surface area (Å²) in [5.74, 6) is -1.86. The van der Waals surface area contributed by atoms with Gasteiger partial charge in [-0.2, -0.15) is 0 Å². The molecule has 0 aliphatic carbocycles. The second-order valence-corrected chi connectivity index (χ2v) is 7.88. The van der Waals surface area contributed by atoms with E-state index in [9.17, 15) is 14.7 Å². The van der Waals surface area contributed by atoms with Crippen LogP contribution in [0.4, 0.5) is 0 Å². The van der Waals surface area contributed by atoms with Crippen LogP contribution in [0.15, 0.2) is 66.8 Å². The van der Waals surface area contributed by atoms with Crippen molar-refractivity contribution in [1.29, 1.82) is 0 Å². The smallest absolute Gasteiger partial charge is 0.295 e. The number of aliphatic hydroxyl groups is 1. The van der Waals surface area contributed by atoms with E-state index in [1.54, 1.807) is 49.1 Å². The van der Waals surface area contributed by atoms with Crippen molar-refractivity contribution in [3.05, 3.63) is 93.5 Å². The van der Waals surface area contributed by atoms with Gasteiger partial charge < -0.3 is 14.7 Å². The van der Waals surface area contributed by atoms with E-state index >= 15 is 0 Å². The van der Waals surface area contributed by atoms with Crippen molar-refractivity contribution in [2.75, 3.05) is 7.11 Å². The van der Waals surface area contributed by atoms with Gasteiger partial charge in [-0.3, -0.25) is 19.6 Å². The highest BCUT2D eigenvalue weighted by atomic mass is 35.5. The summed E-state index contributed by atoms with van der Waals surface area (Å²) in [6, 6.07) is 8.94. The molecule has 1 aromatic carbocycles. The van der Waals surface area contributed by atoms with Crippen molar-refractivity contribution >= 4 is 40.7 Å². The van der Waals surface area contributed by atoms with E-state index in [1.165, 1.54) is 24.1 Å². The Kier molecular flexibility index (Phi) is 6.12. The minimum Gasteiger partial charge on any atom is -0.507 e. The number of ether oxygens (including phenoxy) is 1. The molecule has 0 spiro atoms. The number of hydrogen-bond donors (Lipinski definition) is 1. The maximum Gasteiger partial charge on any atom is 0.295 e. The third-order valence-corrected chi connectivity index (χ3v) is 5.60. The van der Waals surface area contributed by atoms with E-state index in [4.69, 9.17) is 27.9 Å². The zero-order valence-electron chi connectivity index (χ0n) is 16.8. The highest BCUT2D eigenvalue weighted by Gasteiger charge is 2.46. The molecule has 0 bridgehead atoms. The number of methoxy groups -OCH3 is 1. The highest BCUT2D eigenvalue weighted by Crippen LogP contribution is 2.43. The van der Waals surface area contributed by atoms with Crippen molar-refractivity contribution in [2.45, 2.75) is 12.6 Å². The maximum atomic E-state index is 13.1. The molecule has 1 unspecified atom stereocenters. The Morgan fingerprint density at radius 2 is 1.88 bits per heavy atom.